The van der Waals surface area contributed by atoms with Crippen molar-refractivity contribution >= 4 is 13.5 Å². The van der Waals surface area contributed by atoms with Gasteiger partial charge < -0.3 is 19.5 Å². The first-order chi connectivity index (χ1) is 10.6. The first-order valence-electron chi connectivity index (χ1n) is 8.42. The highest BCUT2D eigenvalue weighted by atomic mass is 31.2. The molecular formula is C16H32NO5P. The van der Waals surface area contributed by atoms with Crippen LogP contribution in [0.1, 0.15) is 46.5 Å². The quantitative estimate of drug-likeness (QED) is 0.658. The van der Waals surface area contributed by atoms with Crippen molar-refractivity contribution < 1.29 is 23.5 Å². The largest absolute Gasteiger partial charge is 0.382 e. The minimum absolute atomic E-state index is 0.00594. The fourth-order valence-corrected chi connectivity index (χ4v) is 3.97. The first-order valence-corrected chi connectivity index (χ1v) is 10.4. The van der Waals surface area contributed by atoms with Crippen LogP contribution in [0, 0.1) is 17.8 Å². The van der Waals surface area contributed by atoms with E-state index in [1.54, 1.807) is 6.92 Å². The zero-order valence-corrected chi connectivity index (χ0v) is 15.8. The maximum absolute atomic E-state index is 12.5. The molecule has 1 aliphatic rings. The molecule has 0 aromatic rings. The van der Waals surface area contributed by atoms with Gasteiger partial charge in [-0.1, -0.05) is 13.8 Å². The summed E-state index contributed by atoms with van der Waals surface area (Å²) in [6.45, 7) is 7.52. The molecule has 0 aromatic carbocycles. The summed E-state index contributed by atoms with van der Waals surface area (Å²) in [6, 6.07) is -0.434. The summed E-state index contributed by atoms with van der Waals surface area (Å²) in [6.07, 6.45) is 3.37. The van der Waals surface area contributed by atoms with E-state index >= 15 is 0 Å². The van der Waals surface area contributed by atoms with Crippen molar-refractivity contribution in [3.8, 4) is 0 Å². The Hall–Kier alpha value is -0.420. The fourth-order valence-electron chi connectivity index (χ4n) is 3.20. The molecule has 0 aliphatic heterocycles. The lowest BCUT2D eigenvalue weighted by Crippen LogP contribution is -2.48. The molecule has 0 radical (unpaired) electrons. The Kier molecular flexibility index (Phi) is 8.22. The molecule has 1 amide bonds. The van der Waals surface area contributed by atoms with E-state index in [1.807, 2.05) is 0 Å². The Bertz CT molecular complexity index is 415. The van der Waals surface area contributed by atoms with Crippen LogP contribution in [-0.2, 0) is 18.6 Å². The van der Waals surface area contributed by atoms with Gasteiger partial charge in [-0.05, 0) is 44.4 Å². The summed E-state index contributed by atoms with van der Waals surface area (Å²) in [5.74, 6) is 1.38. The number of carbonyl (C=O) groups is 1. The zero-order chi connectivity index (χ0) is 17.6. The van der Waals surface area contributed by atoms with Gasteiger partial charge in [0.25, 0.3) is 0 Å². The van der Waals surface area contributed by atoms with Crippen molar-refractivity contribution in [2.45, 2.75) is 58.6 Å². The van der Waals surface area contributed by atoms with Crippen LogP contribution in [0.5, 0.6) is 0 Å². The molecule has 1 rings (SSSR count). The SMILES string of the molecule is COC[C@H](NC(=O)C1CCC(C(C)C)CC1)[C@H](C)OP(C)(=O)O. The third kappa shape index (κ3) is 7.34. The van der Waals surface area contributed by atoms with Crippen LogP contribution in [-0.4, -0.2) is 43.3 Å². The highest BCUT2D eigenvalue weighted by molar-refractivity contribution is 7.51. The molecule has 0 heterocycles. The van der Waals surface area contributed by atoms with Gasteiger partial charge in [-0.3, -0.25) is 9.36 Å². The third-order valence-corrected chi connectivity index (χ3v) is 5.41. The molecule has 0 bridgehead atoms. The summed E-state index contributed by atoms with van der Waals surface area (Å²) in [4.78, 5) is 21.8. The second kappa shape index (κ2) is 9.16. The van der Waals surface area contributed by atoms with E-state index in [4.69, 9.17) is 9.26 Å². The Morgan fingerprint density at radius 1 is 1.26 bits per heavy atom. The van der Waals surface area contributed by atoms with Gasteiger partial charge in [-0.2, -0.15) is 0 Å². The van der Waals surface area contributed by atoms with Crippen LogP contribution < -0.4 is 5.32 Å². The molecule has 0 aromatic heterocycles. The number of hydrogen-bond donors (Lipinski definition) is 2. The van der Waals surface area contributed by atoms with Crippen LogP contribution >= 0.6 is 7.60 Å². The van der Waals surface area contributed by atoms with E-state index in [9.17, 15) is 14.3 Å². The second-order valence-electron chi connectivity index (χ2n) is 7.04. The highest BCUT2D eigenvalue weighted by Crippen LogP contribution is 2.39. The van der Waals surface area contributed by atoms with Gasteiger partial charge in [0.1, 0.15) is 0 Å². The number of amides is 1. The van der Waals surface area contributed by atoms with Crippen molar-refractivity contribution in [3.05, 3.63) is 0 Å². The average molecular weight is 349 g/mol. The number of methoxy groups -OCH3 is 1. The lowest BCUT2D eigenvalue weighted by molar-refractivity contribution is -0.128. The first kappa shape index (κ1) is 20.6. The molecule has 1 unspecified atom stereocenters. The minimum atomic E-state index is -3.60. The molecular weight excluding hydrogens is 317 g/mol. The van der Waals surface area contributed by atoms with Crippen molar-refractivity contribution in [1.29, 1.82) is 0 Å². The number of ether oxygens (including phenoxy) is 1. The predicted molar refractivity (Wildman–Crippen MR) is 90.4 cm³/mol. The maximum atomic E-state index is 12.5. The fraction of sp³-hybridized carbons (Fsp3) is 0.938. The number of carbonyl (C=O) groups excluding carboxylic acids is 1. The molecule has 2 N–H and O–H groups in total. The van der Waals surface area contributed by atoms with Crippen LogP contribution in [0.25, 0.3) is 0 Å². The van der Waals surface area contributed by atoms with E-state index in [1.165, 1.54) is 7.11 Å². The summed E-state index contributed by atoms with van der Waals surface area (Å²) in [7, 11) is -2.07. The Labute approximate surface area is 139 Å². The van der Waals surface area contributed by atoms with Gasteiger partial charge in [0.2, 0.25) is 5.91 Å². The third-order valence-electron chi connectivity index (χ3n) is 4.69. The highest BCUT2D eigenvalue weighted by Gasteiger charge is 2.31. The van der Waals surface area contributed by atoms with Crippen molar-refractivity contribution in [1.82, 2.24) is 5.32 Å². The van der Waals surface area contributed by atoms with Crippen LogP contribution in [0.2, 0.25) is 0 Å². The predicted octanol–water partition coefficient (Wildman–Crippen LogP) is 2.80. The summed E-state index contributed by atoms with van der Waals surface area (Å²) >= 11 is 0. The molecule has 7 heteroatoms. The lowest BCUT2D eigenvalue weighted by Gasteiger charge is -2.32. The van der Waals surface area contributed by atoms with E-state index in [2.05, 4.69) is 19.2 Å². The lowest BCUT2D eigenvalue weighted by atomic mass is 9.76. The molecule has 23 heavy (non-hydrogen) atoms. The topological polar surface area (TPSA) is 84.9 Å². The summed E-state index contributed by atoms with van der Waals surface area (Å²) < 4.78 is 21.6. The van der Waals surface area contributed by atoms with E-state index in [0.717, 1.165) is 32.3 Å². The van der Waals surface area contributed by atoms with Crippen LogP contribution in [0.4, 0.5) is 0 Å². The average Bonchev–Trinajstić information content (AvgIpc) is 2.45. The van der Waals surface area contributed by atoms with Gasteiger partial charge >= 0.3 is 7.60 Å². The van der Waals surface area contributed by atoms with E-state index in [0.29, 0.717) is 11.8 Å². The van der Waals surface area contributed by atoms with Crippen LogP contribution in [0.15, 0.2) is 0 Å². The summed E-state index contributed by atoms with van der Waals surface area (Å²) in [5.41, 5.74) is 0. The molecule has 6 nitrogen and oxygen atoms in total. The van der Waals surface area contributed by atoms with Gasteiger partial charge in [0.15, 0.2) is 0 Å². The van der Waals surface area contributed by atoms with Gasteiger partial charge in [0, 0.05) is 19.7 Å². The molecule has 136 valence electrons. The number of nitrogens with one attached hydrogen (secondary N) is 1. The van der Waals surface area contributed by atoms with Gasteiger partial charge in [-0.25, -0.2) is 0 Å². The van der Waals surface area contributed by atoms with Crippen molar-refractivity contribution in [3.63, 3.8) is 0 Å². The van der Waals surface area contributed by atoms with E-state index < -0.39 is 19.7 Å². The van der Waals surface area contributed by atoms with Gasteiger partial charge in [-0.15, -0.1) is 0 Å². The molecule has 1 saturated carbocycles. The Balaban J connectivity index is 2.56. The van der Waals surface area contributed by atoms with Crippen molar-refractivity contribution in [2.75, 3.05) is 20.4 Å². The summed E-state index contributed by atoms with van der Waals surface area (Å²) in [5, 5.41) is 2.93. The Morgan fingerprint density at radius 3 is 2.26 bits per heavy atom. The standard InChI is InChI=1S/C16H32NO5P/c1-11(2)13-6-8-14(9-7-13)16(18)17-15(10-21-4)12(3)22-23(5,19)20/h11-15H,6-10H2,1-5H3,(H,17,18)(H,19,20)/t12-,13?,14?,15-/m0/s1. The second-order valence-corrected chi connectivity index (χ2v) is 8.86. The number of hydrogen-bond acceptors (Lipinski definition) is 4. The van der Waals surface area contributed by atoms with Crippen molar-refractivity contribution in [2.24, 2.45) is 17.8 Å². The number of rotatable bonds is 8. The minimum Gasteiger partial charge on any atom is -0.382 e. The van der Waals surface area contributed by atoms with Gasteiger partial charge in [0.05, 0.1) is 18.8 Å². The molecule has 3 atom stereocenters. The zero-order valence-electron chi connectivity index (χ0n) is 14.9. The molecule has 0 saturated heterocycles. The maximum Gasteiger partial charge on any atom is 0.325 e. The Morgan fingerprint density at radius 2 is 1.83 bits per heavy atom. The molecule has 1 fully saturated rings. The van der Waals surface area contributed by atoms with Crippen LogP contribution in [0.3, 0.4) is 0 Å². The van der Waals surface area contributed by atoms with E-state index in [-0.39, 0.29) is 18.4 Å². The molecule has 0 spiro atoms. The smallest absolute Gasteiger partial charge is 0.325 e. The monoisotopic (exact) mass is 349 g/mol. The molecule has 1 aliphatic carbocycles. The normalized spacial score (nSPS) is 27.3.